The first-order chi connectivity index (χ1) is 8.24. The van der Waals surface area contributed by atoms with E-state index in [1.807, 2.05) is 0 Å². The van der Waals surface area contributed by atoms with Crippen LogP contribution in [-0.4, -0.2) is 31.1 Å². The lowest BCUT2D eigenvalue weighted by Crippen LogP contribution is -2.44. The fourth-order valence-corrected chi connectivity index (χ4v) is 2.70. The summed E-state index contributed by atoms with van der Waals surface area (Å²) < 4.78 is 0. The van der Waals surface area contributed by atoms with E-state index in [0.29, 0.717) is 6.04 Å². The zero-order chi connectivity index (χ0) is 12.3. The molecule has 2 heteroatoms. The molecule has 0 aliphatic carbocycles. The predicted molar refractivity (Wildman–Crippen MR) is 73.3 cm³/mol. The van der Waals surface area contributed by atoms with Crippen LogP contribution in [0.1, 0.15) is 22.7 Å². The molecule has 1 atom stereocenters. The van der Waals surface area contributed by atoms with E-state index in [0.717, 1.165) is 26.2 Å². The van der Waals surface area contributed by atoms with Crippen molar-refractivity contribution in [1.82, 2.24) is 10.2 Å². The van der Waals surface area contributed by atoms with Crippen LogP contribution in [0.3, 0.4) is 0 Å². The van der Waals surface area contributed by atoms with Gasteiger partial charge in [-0.1, -0.05) is 24.3 Å². The van der Waals surface area contributed by atoms with Gasteiger partial charge in [0.1, 0.15) is 0 Å². The maximum Gasteiger partial charge on any atom is 0.0535 e. The van der Waals surface area contributed by atoms with Crippen LogP contribution in [0.4, 0.5) is 0 Å². The second-order valence-electron chi connectivity index (χ2n) is 4.77. The van der Waals surface area contributed by atoms with Gasteiger partial charge >= 0.3 is 0 Å². The van der Waals surface area contributed by atoms with Crippen molar-refractivity contribution in [2.45, 2.75) is 19.9 Å². The molecule has 0 radical (unpaired) electrons. The summed E-state index contributed by atoms with van der Waals surface area (Å²) in [5.41, 5.74) is 4.17. The maximum absolute atomic E-state index is 4.03. The Kier molecular flexibility index (Phi) is 3.97. The first kappa shape index (κ1) is 12.3. The molecule has 0 spiro atoms. The van der Waals surface area contributed by atoms with Crippen molar-refractivity contribution < 1.29 is 0 Å². The quantitative estimate of drug-likeness (QED) is 0.802. The second-order valence-corrected chi connectivity index (χ2v) is 4.77. The van der Waals surface area contributed by atoms with Crippen molar-refractivity contribution in [3.05, 3.63) is 47.5 Å². The summed E-state index contributed by atoms with van der Waals surface area (Å²) in [7, 11) is 0. The monoisotopic (exact) mass is 230 g/mol. The van der Waals surface area contributed by atoms with Gasteiger partial charge in [0.2, 0.25) is 0 Å². The van der Waals surface area contributed by atoms with Gasteiger partial charge in [0.25, 0.3) is 0 Å². The first-order valence-electron chi connectivity index (χ1n) is 6.37. The van der Waals surface area contributed by atoms with Gasteiger partial charge in [0.05, 0.1) is 6.04 Å². The largest absolute Gasteiger partial charge is 0.314 e. The minimum Gasteiger partial charge on any atom is -0.314 e. The van der Waals surface area contributed by atoms with Crippen molar-refractivity contribution >= 4 is 0 Å². The number of hydrogen-bond donors (Lipinski definition) is 1. The highest BCUT2D eigenvalue weighted by atomic mass is 15.2. The highest BCUT2D eigenvalue weighted by molar-refractivity contribution is 5.38. The Balaban J connectivity index is 2.31. The Labute approximate surface area is 104 Å². The molecule has 1 heterocycles. The smallest absolute Gasteiger partial charge is 0.0535 e. The highest BCUT2D eigenvalue weighted by Gasteiger charge is 2.21. The Morgan fingerprint density at radius 2 is 1.82 bits per heavy atom. The fourth-order valence-electron chi connectivity index (χ4n) is 2.70. The average Bonchev–Trinajstić information content (AvgIpc) is 2.35. The zero-order valence-electron chi connectivity index (χ0n) is 10.9. The number of benzene rings is 1. The third-order valence-corrected chi connectivity index (χ3v) is 3.61. The fraction of sp³-hybridized carbons (Fsp3) is 0.467. The van der Waals surface area contributed by atoms with Gasteiger partial charge in [-0.05, 0) is 30.5 Å². The molecular weight excluding hydrogens is 208 g/mol. The van der Waals surface area contributed by atoms with E-state index in [9.17, 15) is 0 Å². The highest BCUT2D eigenvalue weighted by Crippen LogP contribution is 2.28. The standard InChI is InChI=1S/C15H22N2/c1-4-14(17-10-8-16-9-11-17)15-12(2)6-5-7-13(15)3/h4-7,14,16H,1,8-11H2,2-3H3/t14-/m1/s1. The van der Waals surface area contributed by atoms with Gasteiger partial charge in [0, 0.05) is 26.2 Å². The molecule has 0 saturated carbocycles. The summed E-state index contributed by atoms with van der Waals surface area (Å²) >= 11 is 0. The van der Waals surface area contributed by atoms with Gasteiger partial charge in [-0.25, -0.2) is 0 Å². The molecule has 0 amide bonds. The van der Waals surface area contributed by atoms with Crippen LogP contribution in [-0.2, 0) is 0 Å². The van der Waals surface area contributed by atoms with Gasteiger partial charge in [0.15, 0.2) is 0 Å². The van der Waals surface area contributed by atoms with Gasteiger partial charge < -0.3 is 5.32 Å². The van der Waals surface area contributed by atoms with E-state index in [2.05, 4.69) is 54.9 Å². The van der Waals surface area contributed by atoms with Crippen molar-refractivity contribution in [3.8, 4) is 0 Å². The summed E-state index contributed by atoms with van der Waals surface area (Å²) in [6.07, 6.45) is 2.08. The van der Waals surface area contributed by atoms with E-state index in [4.69, 9.17) is 0 Å². The summed E-state index contributed by atoms with van der Waals surface area (Å²) in [6, 6.07) is 6.88. The minimum absolute atomic E-state index is 0.360. The molecule has 92 valence electrons. The number of aryl methyl sites for hydroxylation is 2. The lowest BCUT2D eigenvalue weighted by molar-refractivity contribution is 0.202. The van der Waals surface area contributed by atoms with Crippen LogP contribution in [0.2, 0.25) is 0 Å². The Hall–Kier alpha value is -1.12. The summed E-state index contributed by atoms with van der Waals surface area (Å²) in [5, 5.41) is 3.40. The molecule has 0 bridgehead atoms. The number of piperazine rings is 1. The van der Waals surface area contributed by atoms with Crippen molar-refractivity contribution in [1.29, 1.82) is 0 Å². The Morgan fingerprint density at radius 1 is 1.24 bits per heavy atom. The number of hydrogen-bond acceptors (Lipinski definition) is 2. The van der Waals surface area contributed by atoms with Gasteiger partial charge in [-0.2, -0.15) is 0 Å². The molecule has 1 aliphatic rings. The lowest BCUT2D eigenvalue weighted by atomic mass is 9.94. The first-order valence-corrected chi connectivity index (χ1v) is 6.37. The van der Waals surface area contributed by atoms with Crippen LogP contribution in [0.15, 0.2) is 30.9 Å². The molecule has 2 rings (SSSR count). The summed E-state index contributed by atoms with van der Waals surface area (Å²) in [5.74, 6) is 0. The molecule has 1 aromatic rings. The average molecular weight is 230 g/mol. The molecule has 17 heavy (non-hydrogen) atoms. The maximum atomic E-state index is 4.03. The predicted octanol–water partition coefficient (Wildman–Crippen LogP) is 2.44. The molecule has 1 fully saturated rings. The SMILES string of the molecule is C=C[C@H](c1c(C)cccc1C)N1CCNCC1. The van der Waals surface area contributed by atoms with E-state index >= 15 is 0 Å². The Morgan fingerprint density at radius 3 is 2.35 bits per heavy atom. The third-order valence-electron chi connectivity index (χ3n) is 3.61. The number of nitrogens with one attached hydrogen (secondary N) is 1. The van der Waals surface area contributed by atoms with Crippen molar-refractivity contribution in [2.75, 3.05) is 26.2 Å². The molecule has 2 nitrogen and oxygen atoms in total. The van der Waals surface area contributed by atoms with Gasteiger partial charge in [-0.15, -0.1) is 6.58 Å². The van der Waals surface area contributed by atoms with Crippen molar-refractivity contribution in [3.63, 3.8) is 0 Å². The van der Waals surface area contributed by atoms with Crippen LogP contribution >= 0.6 is 0 Å². The molecule has 1 aromatic carbocycles. The number of nitrogens with zero attached hydrogens (tertiary/aromatic N) is 1. The second kappa shape index (κ2) is 5.48. The molecule has 1 N–H and O–H groups in total. The van der Waals surface area contributed by atoms with Crippen LogP contribution in [0.25, 0.3) is 0 Å². The third kappa shape index (κ3) is 2.59. The molecule has 1 aliphatic heterocycles. The summed E-state index contributed by atoms with van der Waals surface area (Å²) in [6.45, 7) is 12.8. The molecule has 0 unspecified atom stereocenters. The lowest BCUT2D eigenvalue weighted by Gasteiger charge is -2.34. The van der Waals surface area contributed by atoms with E-state index in [1.54, 1.807) is 0 Å². The van der Waals surface area contributed by atoms with Crippen LogP contribution < -0.4 is 5.32 Å². The van der Waals surface area contributed by atoms with Crippen molar-refractivity contribution in [2.24, 2.45) is 0 Å². The topological polar surface area (TPSA) is 15.3 Å². The number of rotatable bonds is 3. The molecular formula is C15H22N2. The normalized spacial score (nSPS) is 18.9. The van der Waals surface area contributed by atoms with E-state index in [-0.39, 0.29) is 0 Å². The minimum atomic E-state index is 0.360. The van der Waals surface area contributed by atoms with Crippen LogP contribution in [0, 0.1) is 13.8 Å². The van der Waals surface area contributed by atoms with Gasteiger partial charge in [-0.3, -0.25) is 4.90 Å². The van der Waals surface area contributed by atoms with E-state index in [1.165, 1.54) is 16.7 Å². The molecule has 0 aromatic heterocycles. The molecule has 1 saturated heterocycles. The van der Waals surface area contributed by atoms with Crippen LogP contribution in [0.5, 0.6) is 0 Å². The zero-order valence-corrected chi connectivity index (χ0v) is 10.9. The van der Waals surface area contributed by atoms with E-state index < -0.39 is 0 Å². The Bertz CT molecular complexity index is 372. The summed E-state index contributed by atoms with van der Waals surface area (Å²) in [4.78, 5) is 2.51.